The van der Waals surface area contributed by atoms with Crippen LogP contribution in [0.1, 0.15) is 78.5 Å². The summed E-state index contributed by atoms with van der Waals surface area (Å²) in [6, 6.07) is 0.336. The van der Waals surface area contributed by atoms with E-state index in [9.17, 15) is 8.42 Å². The molecule has 2 rings (SSSR count). The first-order valence-electron chi connectivity index (χ1n) is 10.0. The maximum atomic E-state index is 12.9. The maximum absolute atomic E-state index is 12.9. The molecule has 1 heterocycles. The van der Waals surface area contributed by atoms with E-state index in [0.717, 1.165) is 38.9 Å². The van der Waals surface area contributed by atoms with E-state index in [1.807, 2.05) is 25.5 Å². The van der Waals surface area contributed by atoms with Crippen molar-refractivity contribution in [3.05, 3.63) is 11.9 Å². The predicted octanol–water partition coefficient (Wildman–Crippen LogP) is 3.31. The monoisotopic (exact) mass is 384 g/mol. The number of aromatic nitrogens is 2. The fourth-order valence-electron chi connectivity index (χ4n) is 3.57. The molecular weight excluding hydrogens is 348 g/mol. The zero-order valence-corrected chi connectivity index (χ0v) is 17.9. The van der Waals surface area contributed by atoms with E-state index in [2.05, 4.69) is 23.5 Å². The fraction of sp³-hybridized carbons (Fsp3) is 0.842. The van der Waals surface area contributed by atoms with E-state index in [0.29, 0.717) is 23.2 Å². The molecule has 6 nitrogen and oxygen atoms in total. The van der Waals surface area contributed by atoms with E-state index in [1.54, 1.807) is 6.20 Å². The zero-order chi connectivity index (χ0) is 19.4. The highest BCUT2D eigenvalue weighted by Gasteiger charge is 2.31. The number of sulfonamides is 1. The molecule has 0 spiro atoms. The molecule has 7 heteroatoms. The van der Waals surface area contributed by atoms with Crippen LogP contribution in [0, 0.1) is 0 Å². The van der Waals surface area contributed by atoms with Crippen LogP contribution in [-0.2, 0) is 15.4 Å². The largest absolute Gasteiger partial charge is 0.304 e. The molecule has 1 aromatic heterocycles. The van der Waals surface area contributed by atoms with Gasteiger partial charge in [-0.15, -0.1) is 0 Å². The number of hydrogen-bond acceptors (Lipinski definition) is 4. The first-order valence-corrected chi connectivity index (χ1v) is 11.5. The maximum Gasteiger partial charge on any atom is 0.243 e. The Balaban J connectivity index is 2.13. The Kier molecular flexibility index (Phi) is 7.27. The third-order valence-corrected chi connectivity index (χ3v) is 6.70. The minimum Gasteiger partial charge on any atom is -0.304 e. The van der Waals surface area contributed by atoms with Gasteiger partial charge >= 0.3 is 0 Å². The van der Waals surface area contributed by atoms with Gasteiger partial charge in [0.05, 0.1) is 11.7 Å². The van der Waals surface area contributed by atoms with E-state index in [4.69, 9.17) is 5.10 Å². The van der Waals surface area contributed by atoms with Gasteiger partial charge in [0.2, 0.25) is 10.0 Å². The summed E-state index contributed by atoms with van der Waals surface area (Å²) in [6.07, 6.45) is 7.12. The van der Waals surface area contributed by atoms with Gasteiger partial charge in [0.25, 0.3) is 0 Å². The van der Waals surface area contributed by atoms with Crippen LogP contribution in [0.3, 0.4) is 0 Å². The molecule has 1 N–H and O–H groups in total. The summed E-state index contributed by atoms with van der Waals surface area (Å²) in [5.74, 6) is 0. The summed E-state index contributed by atoms with van der Waals surface area (Å²) in [5, 5.41) is 4.70. The standard InChI is InChI=1S/C19H36N4O2S/c1-6-22(7-2)14-10-13-20-26(24,25)17-15-23(16-11-8-9-12-16)21-18(17)19(3,4)5/h15-16,20H,6-14H2,1-5H3. The topological polar surface area (TPSA) is 67.2 Å². The molecule has 0 aliphatic heterocycles. The average molecular weight is 385 g/mol. The van der Waals surface area contributed by atoms with Crippen molar-refractivity contribution in [3.63, 3.8) is 0 Å². The third-order valence-electron chi connectivity index (χ3n) is 5.23. The van der Waals surface area contributed by atoms with E-state index in [-0.39, 0.29) is 5.41 Å². The third kappa shape index (κ3) is 5.30. The molecule has 0 atom stereocenters. The van der Waals surface area contributed by atoms with Gasteiger partial charge in [-0.05, 0) is 38.9 Å². The summed E-state index contributed by atoms with van der Waals surface area (Å²) >= 11 is 0. The summed E-state index contributed by atoms with van der Waals surface area (Å²) in [4.78, 5) is 2.65. The Morgan fingerprint density at radius 1 is 1.23 bits per heavy atom. The lowest BCUT2D eigenvalue weighted by atomic mass is 9.92. The molecule has 1 fully saturated rings. The van der Waals surface area contributed by atoms with Crippen LogP contribution in [0.25, 0.3) is 0 Å². The normalized spacial score (nSPS) is 16.7. The van der Waals surface area contributed by atoms with Crippen LogP contribution < -0.4 is 4.72 Å². The van der Waals surface area contributed by atoms with Gasteiger partial charge in [-0.25, -0.2) is 13.1 Å². The fourth-order valence-corrected chi connectivity index (χ4v) is 4.99. The Bertz CT molecular complexity index is 666. The minimum atomic E-state index is -3.55. The van der Waals surface area contributed by atoms with E-state index < -0.39 is 10.0 Å². The highest BCUT2D eigenvalue weighted by Crippen LogP contribution is 2.33. The molecule has 0 bridgehead atoms. The molecule has 150 valence electrons. The highest BCUT2D eigenvalue weighted by atomic mass is 32.2. The van der Waals surface area contributed by atoms with Crippen molar-refractivity contribution < 1.29 is 8.42 Å². The van der Waals surface area contributed by atoms with Crippen LogP contribution >= 0.6 is 0 Å². The molecular formula is C19H36N4O2S. The van der Waals surface area contributed by atoms with Gasteiger partial charge in [-0.3, -0.25) is 4.68 Å². The molecule has 0 aromatic carbocycles. The van der Waals surface area contributed by atoms with Gasteiger partial charge < -0.3 is 4.90 Å². The number of nitrogens with one attached hydrogen (secondary N) is 1. The molecule has 0 unspecified atom stereocenters. The predicted molar refractivity (Wildman–Crippen MR) is 106 cm³/mol. The highest BCUT2D eigenvalue weighted by molar-refractivity contribution is 7.89. The smallest absolute Gasteiger partial charge is 0.243 e. The second-order valence-corrected chi connectivity index (χ2v) is 10.0. The lowest BCUT2D eigenvalue weighted by molar-refractivity contribution is 0.300. The SMILES string of the molecule is CCN(CC)CCCNS(=O)(=O)c1cn(C2CCCC2)nc1C(C)(C)C. The first-order chi connectivity index (χ1) is 12.2. The second kappa shape index (κ2) is 8.85. The van der Waals surface area contributed by atoms with Crippen LogP contribution in [0.2, 0.25) is 0 Å². The molecule has 1 aliphatic carbocycles. The summed E-state index contributed by atoms with van der Waals surface area (Å²) in [7, 11) is -3.55. The van der Waals surface area contributed by atoms with Crippen LogP contribution in [0.5, 0.6) is 0 Å². The van der Waals surface area contributed by atoms with Crippen molar-refractivity contribution in [2.45, 2.75) is 83.1 Å². The lowest BCUT2D eigenvalue weighted by Gasteiger charge is -2.19. The van der Waals surface area contributed by atoms with Crippen molar-refractivity contribution in [1.82, 2.24) is 19.4 Å². The number of rotatable bonds is 9. The van der Waals surface area contributed by atoms with Gasteiger partial charge in [0, 0.05) is 18.2 Å². The van der Waals surface area contributed by atoms with Crippen molar-refractivity contribution in [2.75, 3.05) is 26.2 Å². The van der Waals surface area contributed by atoms with Crippen LogP contribution in [0.4, 0.5) is 0 Å². The Hall–Kier alpha value is -0.920. The molecule has 0 radical (unpaired) electrons. The lowest BCUT2D eigenvalue weighted by Crippen LogP contribution is -2.31. The van der Waals surface area contributed by atoms with Crippen LogP contribution in [-0.4, -0.2) is 49.3 Å². The quantitative estimate of drug-likeness (QED) is 0.663. The van der Waals surface area contributed by atoms with E-state index >= 15 is 0 Å². The molecule has 26 heavy (non-hydrogen) atoms. The summed E-state index contributed by atoms with van der Waals surface area (Å²) < 4.78 is 30.6. The minimum absolute atomic E-state index is 0.310. The Labute approximate surface area is 159 Å². The summed E-state index contributed by atoms with van der Waals surface area (Å²) in [5.41, 5.74) is 0.357. The summed E-state index contributed by atoms with van der Waals surface area (Å²) in [6.45, 7) is 13.7. The van der Waals surface area contributed by atoms with Crippen molar-refractivity contribution in [3.8, 4) is 0 Å². The van der Waals surface area contributed by atoms with Gasteiger partial charge in [-0.1, -0.05) is 47.5 Å². The van der Waals surface area contributed by atoms with Crippen LogP contribution in [0.15, 0.2) is 11.1 Å². The number of hydrogen-bond donors (Lipinski definition) is 1. The Morgan fingerprint density at radius 3 is 2.38 bits per heavy atom. The molecule has 1 aromatic rings. The Morgan fingerprint density at radius 2 is 1.85 bits per heavy atom. The van der Waals surface area contributed by atoms with Crippen molar-refractivity contribution >= 4 is 10.0 Å². The average Bonchev–Trinajstić information content (AvgIpc) is 3.23. The molecule has 0 saturated heterocycles. The molecule has 0 amide bonds. The first kappa shape index (κ1) is 21.4. The molecule has 1 aliphatic rings. The van der Waals surface area contributed by atoms with E-state index in [1.165, 1.54) is 12.8 Å². The van der Waals surface area contributed by atoms with Gasteiger partial charge in [-0.2, -0.15) is 5.10 Å². The second-order valence-electron chi connectivity index (χ2n) is 8.29. The number of nitrogens with zero attached hydrogens (tertiary/aromatic N) is 3. The zero-order valence-electron chi connectivity index (χ0n) is 17.1. The van der Waals surface area contributed by atoms with Gasteiger partial charge in [0.15, 0.2) is 0 Å². The van der Waals surface area contributed by atoms with Crippen molar-refractivity contribution in [2.24, 2.45) is 0 Å². The van der Waals surface area contributed by atoms with Crippen molar-refractivity contribution in [1.29, 1.82) is 0 Å². The molecule has 1 saturated carbocycles. The van der Waals surface area contributed by atoms with Gasteiger partial charge in [0.1, 0.15) is 4.90 Å².